The number of rotatable bonds is 7. The van der Waals surface area contributed by atoms with E-state index in [1.165, 1.54) is 11.1 Å². The van der Waals surface area contributed by atoms with Crippen LogP contribution < -0.4 is 11.1 Å². The van der Waals surface area contributed by atoms with Gasteiger partial charge in [0.1, 0.15) is 0 Å². The van der Waals surface area contributed by atoms with Crippen LogP contribution in [0.2, 0.25) is 0 Å². The number of benzene rings is 1. The lowest BCUT2D eigenvalue weighted by Gasteiger charge is -2.34. The number of amides is 1. The smallest absolute Gasteiger partial charge is 0.221 e. The summed E-state index contributed by atoms with van der Waals surface area (Å²) in [5, 5.41) is 2.98. The van der Waals surface area contributed by atoms with Gasteiger partial charge < -0.3 is 16.0 Å². The number of likely N-dealkylation sites (N-methyl/N-ethyl adjacent to an activating group) is 1. The second-order valence-electron chi connectivity index (χ2n) is 6.44. The van der Waals surface area contributed by atoms with Crippen LogP contribution in [0.1, 0.15) is 31.4 Å². The number of hydrogen-bond donors (Lipinski definition) is 2. The third-order valence-electron chi connectivity index (χ3n) is 4.41. The number of carbonyl (C=O) groups excluding carboxylic acids is 1. The summed E-state index contributed by atoms with van der Waals surface area (Å²) in [5.74, 6) is 0.0198. The quantitative estimate of drug-likeness (QED) is 0.701. The lowest BCUT2D eigenvalue weighted by molar-refractivity contribution is -0.121. The first-order valence-corrected chi connectivity index (χ1v) is 8.62. The van der Waals surface area contributed by atoms with E-state index in [0.717, 1.165) is 39.3 Å². The molecule has 0 spiro atoms. The van der Waals surface area contributed by atoms with Crippen LogP contribution in [0.3, 0.4) is 0 Å². The summed E-state index contributed by atoms with van der Waals surface area (Å²) >= 11 is 0. The van der Waals surface area contributed by atoms with E-state index in [4.69, 9.17) is 5.73 Å². The first kappa shape index (κ1) is 27.7. The van der Waals surface area contributed by atoms with Gasteiger partial charge >= 0.3 is 0 Å². The molecule has 26 heavy (non-hydrogen) atoms. The zero-order valence-corrected chi connectivity index (χ0v) is 18.1. The normalized spacial score (nSPS) is 15.8. The summed E-state index contributed by atoms with van der Waals surface area (Å²) in [6.07, 6.45) is 0.376. The predicted octanol–water partition coefficient (Wildman–Crippen LogP) is 2.44. The van der Waals surface area contributed by atoms with E-state index in [0.29, 0.717) is 13.0 Å². The van der Waals surface area contributed by atoms with Gasteiger partial charge in [-0.3, -0.25) is 9.69 Å². The Morgan fingerprint density at radius 1 is 1.08 bits per heavy atom. The summed E-state index contributed by atoms with van der Waals surface area (Å²) < 4.78 is 0. The topological polar surface area (TPSA) is 61.6 Å². The van der Waals surface area contributed by atoms with Gasteiger partial charge in [0, 0.05) is 51.7 Å². The van der Waals surface area contributed by atoms with Crippen molar-refractivity contribution in [3.05, 3.63) is 35.4 Å². The van der Waals surface area contributed by atoms with Crippen molar-refractivity contribution in [2.24, 2.45) is 5.73 Å². The highest BCUT2D eigenvalue weighted by atomic mass is 35.5. The number of carbonyl (C=O) groups is 1. The molecule has 1 aliphatic heterocycles. The van der Waals surface area contributed by atoms with Crippen molar-refractivity contribution in [2.45, 2.75) is 39.4 Å². The van der Waals surface area contributed by atoms with E-state index in [9.17, 15) is 4.79 Å². The zero-order valence-electron chi connectivity index (χ0n) is 15.6. The molecule has 8 heteroatoms. The molecule has 1 atom stereocenters. The van der Waals surface area contributed by atoms with Crippen LogP contribution >= 0.6 is 37.2 Å². The van der Waals surface area contributed by atoms with Gasteiger partial charge in [-0.2, -0.15) is 0 Å². The Hall–Kier alpha value is -0.560. The molecule has 152 valence electrons. The lowest BCUT2D eigenvalue weighted by Crippen LogP contribution is -2.45. The number of hydrogen-bond acceptors (Lipinski definition) is 4. The molecular weight excluding hydrogens is 395 g/mol. The Labute approximate surface area is 176 Å². The molecule has 1 saturated heterocycles. The monoisotopic (exact) mass is 426 g/mol. The van der Waals surface area contributed by atoms with Gasteiger partial charge in [-0.25, -0.2) is 0 Å². The van der Waals surface area contributed by atoms with Gasteiger partial charge in [-0.15, -0.1) is 37.2 Å². The maximum Gasteiger partial charge on any atom is 0.221 e. The molecule has 1 aliphatic rings. The first-order chi connectivity index (χ1) is 11.1. The molecule has 1 unspecified atom stereocenters. The van der Waals surface area contributed by atoms with Crippen LogP contribution in [-0.2, 0) is 17.9 Å². The average Bonchev–Trinajstić information content (AvgIpc) is 2.54. The minimum atomic E-state index is -0.0971. The highest BCUT2D eigenvalue weighted by molar-refractivity contribution is 5.86. The van der Waals surface area contributed by atoms with Crippen molar-refractivity contribution < 1.29 is 4.79 Å². The SMILES string of the molecule is CCN1CCN(Cc2ccccc2CNC(=O)CC(C)N)CC1.Cl.Cl.Cl. The first-order valence-electron chi connectivity index (χ1n) is 8.62. The molecule has 0 radical (unpaired) electrons. The van der Waals surface area contributed by atoms with Crippen LogP contribution in [-0.4, -0.2) is 54.5 Å². The van der Waals surface area contributed by atoms with Gasteiger partial charge in [0.15, 0.2) is 0 Å². The molecule has 1 aromatic carbocycles. The molecule has 1 heterocycles. The standard InChI is InChI=1S/C18H30N4O.3ClH/c1-3-21-8-10-22(11-9-21)14-17-7-5-4-6-16(17)13-20-18(23)12-15(2)19;;;/h4-7,15H,3,8-14,19H2,1-2H3,(H,20,23);3*1H. The fourth-order valence-electron chi connectivity index (χ4n) is 2.95. The molecule has 1 fully saturated rings. The molecule has 5 nitrogen and oxygen atoms in total. The molecule has 2 rings (SSSR count). The van der Waals surface area contributed by atoms with E-state index in [1.807, 2.05) is 13.0 Å². The molecular formula is C18H33Cl3N4O. The third kappa shape index (κ3) is 9.40. The van der Waals surface area contributed by atoms with E-state index < -0.39 is 0 Å². The summed E-state index contributed by atoms with van der Waals surface area (Å²) in [6, 6.07) is 8.28. The summed E-state index contributed by atoms with van der Waals surface area (Å²) in [7, 11) is 0. The van der Waals surface area contributed by atoms with Crippen molar-refractivity contribution in [3.8, 4) is 0 Å². The minimum absolute atomic E-state index is 0. The van der Waals surface area contributed by atoms with Crippen molar-refractivity contribution in [2.75, 3.05) is 32.7 Å². The number of nitrogens with two attached hydrogens (primary N) is 1. The molecule has 0 bridgehead atoms. The van der Waals surface area contributed by atoms with Gasteiger partial charge in [0.2, 0.25) is 5.91 Å². The second kappa shape index (κ2) is 14.5. The Morgan fingerprint density at radius 2 is 1.62 bits per heavy atom. The van der Waals surface area contributed by atoms with Crippen LogP contribution in [0.25, 0.3) is 0 Å². The minimum Gasteiger partial charge on any atom is -0.352 e. The Balaban J connectivity index is 0. The molecule has 0 aromatic heterocycles. The highest BCUT2D eigenvalue weighted by Gasteiger charge is 2.16. The maximum atomic E-state index is 11.8. The van der Waals surface area contributed by atoms with Crippen LogP contribution in [0.15, 0.2) is 24.3 Å². The Kier molecular flexibility index (Phi) is 15.4. The average molecular weight is 428 g/mol. The fourth-order valence-corrected chi connectivity index (χ4v) is 2.95. The van der Waals surface area contributed by atoms with Gasteiger partial charge in [-0.1, -0.05) is 31.2 Å². The van der Waals surface area contributed by atoms with E-state index in [2.05, 4.69) is 40.2 Å². The van der Waals surface area contributed by atoms with Gasteiger partial charge in [-0.05, 0) is 24.6 Å². The molecule has 1 aromatic rings. The Bertz CT molecular complexity index is 509. The van der Waals surface area contributed by atoms with Crippen molar-refractivity contribution in [1.29, 1.82) is 0 Å². The summed E-state index contributed by atoms with van der Waals surface area (Å²) in [4.78, 5) is 16.8. The van der Waals surface area contributed by atoms with Crippen molar-refractivity contribution in [1.82, 2.24) is 15.1 Å². The number of halogens is 3. The van der Waals surface area contributed by atoms with Crippen LogP contribution in [0, 0.1) is 0 Å². The molecule has 1 amide bonds. The van der Waals surface area contributed by atoms with Crippen LogP contribution in [0.5, 0.6) is 0 Å². The van der Waals surface area contributed by atoms with Gasteiger partial charge in [0.05, 0.1) is 0 Å². The molecule has 3 N–H and O–H groups in total. The van der Waals surface area contributed by atoms with Crippen LogP contribution in [0.4, 0.5) is 0 Å². The molecule has 0 aliphatic carbocycles. The maximum absolute atomic E-state index is 11.8. The number of nitrogens with one attached hydrogen (secondary N) is 1. The lowest BCUT2D eigenvalue weighted by atomic mass is 10.1. The third-order valence-corrected chi connectivity index (χ3v) is 4.41. The van der Waals surface area contributed by atoms with E-state index >= 15 is 0 Å². The number of nitrogens with zero attached hydrogens (tertiary/aromatic N) is 2. The fraction of sp³-hybridized carbons (Fsp3) is 0.611. The Morgan fingerprint density at radius 3 is 2.15 bits per heavy atom. The predicted molar refractivity (Wildman–Crippen MR) is 116 cm³/mol. The summed E-state index contributed by atoms with van der Waals surface area (Å²) in [6.45, 7) is 11.2. The van der Waals surface area contributed by atoms with Crippen molar-refractivity contribution in [3.63, 3.8) is 0 Å². The zero-order chi connectivity index (χ0) is 16.7. The second-order valence-corrected chi connectivity index (χ2v) is 6.44. The van der Waals surface area contributed by atoms with Gasteiger partial charge in [0.25, 0.3) is 0 Å². The number of piperazine rings is 1. The van der Waals surface area contributed by atoms with Crippen molar-refractivity contribution >= 4 is 43.1 Å². The van der Waals surface area contributed by atoms with E-state index in [-0.39, 0.29) is 49.2 Å². The highest BCUT2D eigenvalue weighted by Crippen LogP contribution is 2.13. The largest absolute Gasteiger partial charge is 0.352 e. The summed E-state index contributed by atoms with van der Waals surface area (Å²) in [5.41, 5.74) is 8.17. The van der Waals surface area contributed by atoms with E-state index in [1.54, 1.807) is 0 Å². The molecule has 0 saturated carbocycles.